The van der Waals surface area contributed by atoms with Crippen LogP contribution in [0.5, 0.6) is 0 Å². The lowest BCUT2D eigenvalue weighted by Crippen LogP contribution is -2.35. The molecular weight excluding hydrogens is 363 g/mol. The molecule has 0 aliphatic carbocycles. The second-order valence-corrected chi connectivity index (χ2v) is 5.08. The number of hydrogen-bond acceptors (Lipinski definition) is 5. The van der Waals surface area contributed by atoms with Gasteiger partial charge in [0.15, 0.2) is 0 Å². The molecule has 1 aliphatic heterocycles. The van der Waals surface area contributed by atoms with Crippen LogP contribution in [0, 0.1) is 3.57 Å². The number of halogens is 3. The third-order valence-corrected chi connectivity index (χ3v) is 3.40. The van der Waals surface area contributed by atoms with Gasteiger partial charge in [0.05, 0.1) is 16.3 Å². The van der Waals surface area contributed by atoms with Crippen LogP contribution in [0.15, 0.2) is 11.0 Å². The number of aliphatic hydroxyl groups is 1. The highest BCUT2D eigenvalue weighted by Crippen LogP contribution is 2.41. The first kappa shape index (κ1) is 13.6. The molecule has 1 aliphatic rings. The lowest BCUT2D eigenvalue weighted by Gasteiger charge is -2.20. The van der Waals surface area contributed by atoms with Crippen molar-refractivity contribution in [3.8, 4) is 0 Å². The highest BCUT2D eigenvalue weighted by atomic mass is 127. The summed E-state index contributed by atoms with van der Waals surface area (Å²) in [6, 6.07) is 0. The summed E-state index contributed by atoms with van der Waals surface area (Å²) in [5.74, 6) is -3.25. The fourth-order valence-electron chi connectivity index (χ4n) is 1.74. The quantitative estimate of drug-likeness (QED) is 0.731. The number of aromatic nitrogens is 2. The van der Waals surface area contributed by atoms with E-state index in [0.717, 1.165) is 0 Å². The smallest absolute Gasteiger partial charge is 0.351 e. The average Bonchev–Trinajstić information content (AvgIpc) is 2.59. The number of aliphatic hydroxyl groups excluding tert-OH is 1. The standard InChI is InChI=1S/C9H10F2IN3O3/c10-9(11)1-4(3-16)18-7(9)15-2-5(12)6(13)14-8(15)17/h2,4,7,16H,1,3H2,(H2,13,14,17)/t4-,7-/m0/s1. The summed E-state index contributed by atoms with van der Waals surface area (Å²) >= 11 is 1.78. The number of rotatable bonds is 2. The molecule has 0 amide bonds. The van der Waals surface area contributed by atoms with Gasteiger partial charge in [-0.3, -0.25) is 4.57 Å². The number of alkyl halides is 2. The van der Waals surface area contributed by atoms with Crippen LogP contribution in [-0.2, 0) is 4.74 Å². The second-order valence-electron chi connectivity index (χ2n) is 3.92. The van der Waals surface area contributed by atoms with E-state index in [1.807, 2.05) is 0 Å². The van der Waals surface area contributed by atoms with Crippen molar-refractivity contribution in [3.05, 3.63) is 20.3 Å². The number of nitrogens with two attached hydrogens (primary N) is 1. The van der Waals surface area contributed by atoms with Crippen molar-refractivity contribution in [2.75, 3.05) is 12.3 Å². The molecule has 1 saturated heterocycles. The van der Waals surface area contributed by atoms with Crippen LogP contribution in [0.1, 0.15) is 12.6 Å². The fraction of sp³-hybridized carbons (Fsp3) is 0.556. The lowest BCUT2D eigenvalue weighted by atomic mass is 10.2. The summed E-state index contributed by atoms with van der Waals surface area (Å²) in [5.41, 5.74) is 4.50. The van der Waals surface area contributed by atoms with E-state index in [1.165, 1.54) is 6.20 Å². The Morgan fingerprint density at radius 3 is 2.94 bits per heavy atom. The van der Waals surface area contributed by atoms with Gasteiger partial charge in [-0.25, -0.2) is 13.6 Å². The Bertz CT molecular complexity index is 522. The molecule has 0 aromatic carbocycles. The van der Waals surface area contributed by atoms with Crippen LogP contribution in [-0.4, -0.2) is 33.3 Å². The summed E-state index contributed by atoms with van der Waals surface area (Å²) in [6.07, 6.45) is -2.22. The SMILES string of the molecule is Nc1nc(=O)n([C@H]2O[C@H](CO)CC2(F)F)cc1I. The minimum atomic E-state index is -3.24. The third-order valence-electron chi connectivity index (χ3n) is 2.57. The van der Waals surface area contributed by atoms with Gasteiger partial charge in [0, 0.05) is 12.6 Å². The van der Waals surface area contributed by atoms with Crippen molar-refractivity contribution < 1.29 is 18.6 Å². The highest BCUT2D eigenvalue weighted by Gasteiger charge is 2.51. The molecule has 3 N–H and O–H groups in total. The summed E-state index contributed by atoms with van der Waals surface area (Å²) in [5, 5.41) is 8.85. The molecule has 1 aromatic rings. The maximum Gasteiger partial charge on any atom is 0.351 e. The minimum Gasteiger partial charge on any atom is -0.394 e. The average molecular weight is 373 g/mol. The molecule has 9 heteroatoms. The molecule has 0 bridgehead atoms. The van der Waals surface area contributed by atoms with Crippen LogP contribution in [0.3, 0.4) is 0 Å². The Morgan fingerprint density at radius 1 is 1.72 bits per heavy atom. The van der Waals surface area contributed by atoms with Gasteiger partial charge in [-0.15, -0.1) is 0 Å². The minimum absolute atomic E-state index is 0.0168. The largest absolute Gasteiger partial charge is 0.394 e. The number of ether oxygens (including phenoxy) is 1. The fourth-order valence-corrected chi connectivity index (χ4v) is 2.16. The van der Waals surface area contributed by atoms with Crippen molar-refractivity contribution in [1.29, 1.82) is 0 Å². The van der Waals surface area contributed by atoms with Crippen molar-refractivity contribution in [1.82, 2.24) is 9.55 Å². The molecular formula is C9H10F2IN3O3. The highest BCUT2D eigenvalue weighted by molar-refractivity contribution is 14.1. The van der Waals surface area contributed by atoms with E-state index in [-0.39, 0.29) is 5.82 Å². The zero-order chi connectivity index (χ0) is 13.5. The summed E-state index contributed by atoms with van der Waals surface area (Å²) in [7, 11) is 0. The van der Waals surface area contributed by atoms with Crippen LogP contribution >= 0.6 is 22.6 Å². The Balaban J connectivity index is 2.43. The number of nitrogens with zero attached hydrogens (tertiary/aromatic N) is 2. The Labute approximate surface area is 114 Å². The van der Waals surface area contributed by atoms with Gasteiger partial charge in [0.2, 0.25) is 6.23 Å². The van der Waals surface area contributed by atoms with E-state index in [9.17, 15) is 13.6 Å². The molecule has 0 unspecified atom stereocenters. The van der Waals surface area contributed by atoms with Gasteiger partial charge >= 0.3 is 5.69 Å². The van der Waals surface area contributed by atoms with Crippen LogP contribution < -0.4 is 11.4 Å². The Hall–Kier alpha value is -0.810. The molecule has 2 heterocycles. The van der Waals surface area contributed by atoms with Gasteiger partial charge in [0.1, 0.15) is 5.82 Å². The van der Waals surface area contributed by atoms with E-state index >= 15 is 0 Å². The molecule has 0 radical (unpaired) electrons. The van der Waals surface area contributed by atoms with E-state index in [2.05, 4.69) is 4.98 Å². The summed E-state index contributed by atoms with van der Waals surface area (Å²) in [4.78, 5) is 15.0. The topological polar surface area (TPSA) is 90.4 Å². The first-order valence-electron chi connectivity index (χ1n) is 5.03. The molecule has 1 aromatic heterocycles. The predicted octanol–water partition coefficient (Wildman–Crippen LogP) is 0.345. The van der Waals surface area contributed by atoms with Crippen molar-refractivity contribution in [3.63, 3.8) is 0 Å². The van der Waals surface area contributed by atoms with E-state index in [1.54, 1.807) is 22.6 Å². The molecule has 2 atom stereocenters. The first-order valence-corrected chi connectivity index (χ1v) is 6.11. The molecule has 2 rings (SSSR count). The molecule has 0 spiro atoms. The monoisotopic (exact) mass is 373 g/mol. The Morgan fingerprint density at radius 2 is 2.39 bits per heavy atom. The van der Waals surface area contributed by atoms with Gasteiger partial charge in [0.25, 0.3) is 5.92 Å². The van der Waals surface area contributed by atoms with Gasteiger partial charge in [-0.2, -0.15) is 4.98 Å². The van der Waals surface area contributed by atoms with E-state index < -0.39 is 37.0 Å². The van der Waals surface area contributed by atoms with E-state index in [0.29, 0.717) is 8.14 Å². The molecule has 0 saturated carbocycles. The molecule has 100 valence electrons. The molecule has 1 fully saturated rings. The first-order chi connectivity index (χ1) is 8.35. The zero-order valence-electron chi connectivity index (χ0n) is 9.02. The summed E-state index contributed by atoms with van der Waals surface area (Å²) < 4.78 is 33.4. The Kier molecular flexibility index (Phi) is 3.56. The lowest BCUT2D eigenvalue weighted by molar-refractivity contribution is -0.120. The van der Waals surface area contributed by atoms with Crippen molar-refractivity contribution in [2.45, 2.75) is 24.7 Å². The number of hydrogen-bond donors (Lipinski definition) is 2. The summed E-state index contributed by atoms with van der Waals surface area (Å²) in [6.45, 7) is -0.527. The normalized spacial score (nSPS) is 26.4. The second kappa shape index (κ2) is 4.70. The van der Waals surface area contributed by atoms with Crippen LogP contribution in [0.25, 0.3) is 0 Å². The maximum absolute atomic E-state index is 13.7. The number of nitrogen functional groups attached to an aromatic ring is 1. The van der Waals surface area contributed by atoms with Crippen LogP contribution in [0.4, 0.5) is 14.6 Å². The number of anilines is 1. The van der Waals surface area contributed by atoms with Gasteiger partial charge < -0.3 is 15.6 Å². The zero-order valence-corrected chi connectivity index (χ0v) is 11.2. The van der Waals surface area contributed by atoms with Crippen molar-refractivity contribution >= 4 is 28.4 Å². The van der Waals surface area contributed by atoms with Crippen LogP contribution in [0.2, 0.25) is 0 Å². The third kappa shape index (κ3) is 2.34. The van der Waals surface area contributed by atoms with E-state index in [4.69, 9.17) is 15.6 Å². The molecule has 6 nitrogen and oxygen atoms in total. The molecule has 18 heavy (non-hydrogen) atoms. The maximum atomic E-state index is 13.7. The van der Waals surface area contributed by atoms with Crippen molar-refractivity contribution in [2.24, 2.45) is 0 Å². The van der Waals surface area contributed by atoms with Gasteiger partial charge in [-0.05, 0) is 22.6 Å². The van der Waals surface area contributed by atoms with Gasteiger partial charge in [-0.1, -0.05) is 0 Å². The predicted molar refractivity (Wildman–Crippen MR) is 66.2 cm³/mol.